The zero-order valence-corrected chi connectivity index (χ0v) is 19.2. The van der Waals surface area contributed by atoms with Crippen LogP contribution in [-0.2, 0) is 17.5 Å². The van der Waals surface area contributed by atoms with Gasteiger partial charge in [-0.2, -0.15) is 24.9 Å². The van der Waals surface area contributed by atoms with Gasteiger partial charge in [-0.1, -0.05) is 29.8 Å². The Hall–Kier alpha value is -2.85. The van der Waals surface area contributed by atoms with Crippen molar-refractivity contribution < 1.29 is 22.4 Å². The molecule has 0 unspecified atom stereocenters. The second kappa shape index (κ2) is 11.3. The van der Waals surface area contributed by atoms with E-state index in [1.54, 1.807) is 24.3 Å². The molecule has 176 valence electrons. The van der Waals surface area contributed by atoms with Gasteiger partial charge in [-0.15, -0.1) is 10.2 Å². The Morgan fingerprint density at radius 3 is 2.18 bits per heavy atom. The van der Waals surface area contributed by atoms with Crippen LogP contribution in [0.3, 0.4) is 0 Å². The van der Waals surface area contributed by atoms with Crippen molar-refractivity contribution >= 4 is 23.9 Å². The van der Waals surface area contributed by atoms with Crippen LogP contribution in [0.2, 0.25) is 0 Å². The van der Waals surface area contributed by atoms with E-state index in [4.69, 9.17) is 0 Å². The molecule has 0 atom stereocenters. The number of alkyl halides is 3. The van der Waals surface area contributed by atoms with Crippen LogP contribution in [0.15, 0.2) is 52.9 Å². The number of rotatable bonds is 5. The summed E-state index contributed by atoms with van der Waals surface area (Å²) in [4.78, 5) is 15.3. The fraction of sp³-hybridized carbons (Fsp3) is 0.348. The zero-order valence-electron chi connectivity index (χ0n) is 18.4. The Balaban J connectivity index is 0.000000374. The van der Waals surface area contributed by atoms with Crippen molar-refractivity contribution in [3.63, 3.8) is 0 Å². The summed E-state index contributed by atoms with van der Waals surface area (Å²) in [6, 6.07) is 14.0. The molecule has 1 fully saturated rings. The number of anilines is 1. The van der Waals surface area contributed by atoms with Crippen LogP contribution in [-0.4, -0.2) is 53.2 Å². The lowest BCUT2D eigenvalue weighted by molar-refractivity contribution is -0.156. The van der Waals surface area contributed by atoms with E-state index in [1.165, 1.54) is 29.5 Å². The molecule has 2 aromatic carbocycles. The molecule has 0 radical (unpaired) electrons. The number of aromatic nitrogens is 2. The number of carbonyl (C=O) groups is 1. The van der Waals surface area contributed by atoms with Gasteiger partial charge in [-0.3, -0.25) is 4.79 Å². The van der Waals surface area contributed by atoms with Crippen LogP contribution in [0.5, 0.6) is 0 Å². The van der Waals surface area contributed by atoms with Crippen LogP contribution < -0.4 is 4.90 Å². The number of hydrogen-bond donors (Lipinski definition) is 0. The summed E-state index contributed by atoms with van der Waals surface area (Å²) in [5, 5.41) is 6.41. The highest BCUT2D eigenvalue weighted by molar-refractivity contribution is 7.99. The molecule has 1 saturated heterocycles. The Labute approximate surface area is 194 Å². The predicted molar refractivity (Wildman–Crippen MR) is 123 cm³/mol. The highest BCUT2D eigenvalue weighted by Gasteiger charge is 2.38. The standard InChI is InChI=1S/C18H14F3N3O2.C5H11NS/c1-12-2-8-15(9-3-12)24(11-25)10-13-4-6-14(7-5-13)16-22-23-17(26-16)18(19,20)21;1-6-2-4-7-5-3-6/h2-9,11H,10H2,1H3;2-5H2,1H3. The third-order valence-electron chi connectivity index (χ3n) is 4.95. The topological polar surface area (TPSA) is 62.5 Å². The Morgan fingerprint density at radius 1 is 1.06 bits per heavy atom. The summed E-state index contributed by atoms with van der Waals surface area (Å²) in [6.45, 7) is 4.84. The Kier molecular flexibility index (Phi) is 8.51. The molecule has 10 heteroatoms. The van der Waals surface area contributed by atoms with Gasteiger partial charge in [-0.25, -0.2) is 0 Å². The molecule has 6 nitrogen and oxygen atoms in total. The van der Waals surface area contributed by atoms with Gasteiger partial charge in [-0.05, 0) is 43.8 Å². The second-order valence-corrected chi connectivity index (χ2v) is 8.82. The largest absolute Gasteiger partial charge is 0.470 e. The van der Waals surface area contributed by atoms with Crippen molar-refractivity contribution in [2.45, 2.75) is 19.6 Å². The molecule has 4 rings (SSSR count). The number of carbonyl (C=O) groups excluding carboxylic acids is 1. The zero-order chi connectivity index (χ0) is 23.8. The number of hydrogen-bond acceptors (Lipinski definition) is 6. The Morgan fingerprint density at radius 2 is 1.70 bits per heavy atom. The van der Waals surface area contributed by atoms with Crippen molar-refractivity contribution in [1.82, 2.24) is 15.1 Å². The summed E-state index contributed by atoms with van der Waals surface area (Å²) in [5.41, 5.74) is 3.00. The van der Waals surface area contributed by atoms with Gasteiger partial charge in [0, 0.05) is 35.8 Å². The van der Waals surface area contributed by atoms with Crippen molar-refractivity contribution in [3.05, 3.63) is 65.5 Å². The molecule has 1 aliphatic rings. The monoisotopic (exact) mass is 478 g/mol. The molecule has 2 heterocycles. The summed E-state index contributed by atoms with van der Waals surface area (Å²) in [6.07, 6.45) is -3.95. The van der Waals surface area contributed by atoms with Gasteiger partial charge in [0.05, 0.1) is 6.54 Å². The van der Waals surface area contributed by atoms with Gasteiger partial charge >= 0.3 is 12.1 Å². The van der Waals surface area contributed by atoms with E-state index in [9.17, 15) is 18.0 Å². The quantitative estimate of drug-likeness (QED) is 0.487. The molecule has 1 aromatic heterocycles. The van der Waals surface area contributed by atoms with Gasteiger partial charge < -0.3 is 14.2 Å². The SMILES string of the molecule is CN1CCSCC1.Cc1ccc(N(C=O)Cc2ccc(-c3nnc(C(F)(F)F)o3)cc2)cc1. The molecular formula is C23H25F3N4O2S. The molecule has 0 bridgehead atoms. The first-order valence-electron chi connectivity index (χ1n) is 10.3. The fourth-order valence-corrected chi connectivity index (χ4v) is 4.07. The van der Waals surface area contributed by atoms with Crippen LogP contribution in [0.25, 0.3) is 11.5 Å². The number of thioether (sulfide) groups is 1. The van der Waals surface area contributed by atoms with Crippen molar-refractivity contribution in [2.24, 2.45) is 0 Å². The lowest BCUT2D eigenvalue weighted by Crippen LogP contribution is -2.28. The van der Waals surface area contributed by atoms with Crippen LogP contribution in [0.1, 0.15) is 17.0 Å². The molecule has 0 saturated carbocycles. The smallest absolute Gasteiger partial charge is 0.413 e. The molecule has 0 spiro atoms. The Bertz CT molecular complexity index is 1020. The van der Waals surface area contributed by atoms with E-state index in [0.29, 0.717) is 12.1 Å². The number of amides is 1. The van der Waals surface area contributed by atoms with Crippen molar-refractivity contribution in [3.8, 4) is 11.5 Å². The lowest BCUT2D eigenvalue weighted by atomic mass is 10.1. The van der Waals surface area contributed by atoms with Crippen LogP contribution >= 0.6 is 11.8 Å². The van der Waals surface area contributed by atoms with Gasteiger partial charge in [0.2, 0.25) is 12.3 Å². The number of aryl methyl sites for hydroxylation is 1. The van der Waals surface area contributed by atoms with Gasteiger partial charge in [0.1, 0.15) is 0 Å². The molecule has 0 aliphatic carbocycles. The van der Waals surface area contributed by atoms with E-state index in [2.05, 4.69) is 38.3 Å². The van der Waals surface area contributed by atoms with Gasteiger partial charge in [0.15, 0.2) is 0 Å². The summed E-state index contributed by atoms with van der Waals surface area (Å²) >= 11 is 2.06. The minimum absolute atomic E-state index is 0.213. The molecule has 1 amide bonds. The maximum Gasteiger partial charge on any atom is 0.470 e. The van der Waals surface area contributed by atoms with Gasteiger partial charge in [0.25, 0.3) is 0 Å². The third kappa shape index (κ3) is 7.33. The summed E-state index contributed by atoms with van der Waals surface area (Å²) in [7, 11) is 2.18. The van der Waals surface area contributed by atoms with Crippen molar-refractivity contribution in [1.29, 1.82) is 0 Å². The van der Waals surface area contributed by atoms with Crippen LogP contribution in [0.4, 0.5) is 18.9 Å². The number of benzene rings is 2. The van der Waals surface area contributed by atoms with E-state index in [1.807, 2.05) is 31.2 Å². The third-order valence-corrected chi connectivity index (χ3v) is 5.89. The highest BCUT2D eigenvalue weighted by atomic mass is 32.2. The number of nitrogens with zero attached hydrogens (tertiary/aromatic N) is 4. The average Bonchev–Trinajstić information content (AvgIpc) is 3.31. The maximum absolute atomic E-state index is 12.5. The fourth-order valence-electron chi connectivity index (χ4n) is 2.98. The van der Waals surface area contributed by atoms with E-state index >= 15 is 0 Å². The van der Waals surface area contributed by atoms with E-state index in [-0.39, 0.29) is 5.89 Å². The minimum Gasteiger partial charge on any atom is -0.413 e. The van der Waals surface area contributed by atoms with E-state index < -0.39 is 12.1 Å². The van der Waals surface area contributed by atoms with Crippen LogP contribution in [0, 0.1) is 6.92 Å². The molecule has 1 aliphatic heterocycles. The molecular weight excluding hydrogens is 453 g/mol. The number of halogens is 3. The van der Waals surface area contributed by atoms with Crippen molar-refractivity contribution in [2.75, 3.05) is 36.5 Å². The molecule has 3 aromatic rings. The normalized spacial score (nSPS) is 14.3. The highest BCUT2D eigenvalue weighted by Crippen LogP contribution is 2.30. The minimum atomic E-state index is -4.68. The lowest BCUT2D eigenvalue weighted by Gasteiger charge is -2.20. The first-order valence-corrected chi connectivity index (χ1v) is 11.5. The van der Waals surface area contributed by atoms with E-state index in [0.717, 1.165) is 23.2 Å². The average molecular weight is 479 g/mol. The summed E-state index contributed by atoms with van der Waals surface area (Å²) in [5.74, 6) is 1.06. The predicted octanol–water partition coefficient (Wildman–Crippen LogP) is 4.89. The molecule has 33 heavy (non-hydrogen) atoms. The summed E-state index contributed by atoms with van der Waals surface area (Å²) < 4.78 is 42.2. The first kappa shape index (κ1) is 24.8. The first-order chi connectivity index (χ1) is 15.8. The second-order valence-electron chi connectivity index (χ2n) is 7.59. The molecule has 0 N–H and O–H groups in total. The maximum atomic E-state index is 12.5.